The molecule has 1 saturated carbocycles. The standard InChI is InChI=1S/C23H25ClO7/c1-2-30-15-6-3-12(4-7-15)9-14-10-13(5-8-17(14)24)20-18(25)19(26)21(27)23(31-20)11-16(23)22(28)29/h3-8,10,16,18-21,25-27H,2,9,11H2,1H3,(H,28,29)/t16?,18-,19-,20+,21+,23?/m1/s1. The van der Waals surface area contributed by atoms with Crippen LogP contribution in [0.3, 0.4) is 0 Å². The molecule has 0 radical (unpaired) electrons. The molecule has 2 unspecified atom stereocenters. The highest BCUT2D eigenvalue weighted by molar-refractivity contribution is 6.31. The van der Waals surface area contributed by atoms with Crippen LogP contribution in [0.1, 0.15) is 36.1 Å². The molecule has 0 bridgehead atoms. The molecule has 1 aliphatic carbocycles. The smallest absolute Gasteiger partial charge is 0.309 e. The molecule has 2 aromatic carbocycles. The lowest BCUT2D eigenvalue weighted by Gasteiger charge is -2.42. The Morgan fingerprint density at radius 1 is 1.16 bits per heavy atom. The normalized spacial score (nSPS) is 32.1. The van der Waals surface area contributed by atoms with E-state index >= 15 is 0 Å². The number of hydrogen-bond donors (Lipinski definition) is 4. The molecule has 1 heterocycles. The molecule has 1 spiro atoms. The van der Waals surface area contributed by atoms with Crippen molar-refractivity contribution in [3.63, 3.8) is 0 Å². The van der Waals surface area contributed by atoms with Crippen molar-refractivity contribution in [1.82, 2.24) is 0 Å². The summed E-state index contributed by atoms with van der Waals surface area (Å²) in [5.74, 6) is -1.25. The maximum Gasteiger partial charge on any atom is 0.309 e. The first-order valence-electron chi connectivity index (χ1n) is 10.2. The highest BCUT2D eigenvalue weighted by atomic mass is 35.5. The third-order valence-corrected chi connectivity index (χ3v) is 6.48. The van der Waals surface area contributed by atoms with E-state index in [2.05, 4.69) is 0 Å². The largest absolute Gasteiger partial charge is 0.494 e. The maximum atomic E-state index is 11.4. The minimum atomic E-state index is -1.52. The Bertz CT molecular complexity index is 963. The summed E-state index contributed by atoms with van der Waals surface area (Å²) in [6.45, 7) is 2.50. The fourth-order valence-corrected chi connectivity index (χ4v) is 4.49. The van der Waals surface area contributed by atoms with Crippen molar-refractivity contribution >= 4 is 17.6 Å². The summed E-state index contributed by atoms with van der Waals surface area (Å²) in [6.07, 6.45) is -4.79. The molecule has 0 aromatic heterocycles. The lowest BCUT2D eigenvalue weighted by molar-refractivity contribution is -0.241. The first-order chi connectivity index (χ1) is 14.8. The van der Waals surface area contributed by atoms with Crippen molar-refractivity contribution in [3.05, 3.63) is 64.2 Å². The van der Waals surface area contributed by atoms with Gasteiger partial charge in [-0.3, -0.25) is 4.79 Å². The average molecular weight is 449 g/mol. The number of aliphatic hydroxyl groups is 3. The molecule has 4 N–H and O–H groups in total. The average Bonchev–Trinajstić information content (AvgIpc) is 3.48. The molecular weight excluding hydrogens is 424 g/mol. The van der Waals surface area contributed by atoms with Crippen LogP contribution in [0.2, 0.25) is 5.02 Å². The molecule has 1 saturated heterocycles. The van der Waals surface area contributed by atoms with Crippen molar-refractivity contribution in [2.75, 3.05) is 6.61 Å². The molecule has 0 amide bonds. The third-order valence-electron chi connectivity index (χ3n) is 6.11. The van der Waals surface area contributed by atoms with E-state index in [1.54, 1.807) is 18.2 Å². The topological polar surface area (TPSA) is 116 Å². The van der Waals surface area contributed by atoms with E-state index in [-0.39, 0.29) is 6.42 Å². The Kier molecular flexibility index (Phi) is 5.98. The number of halogens is 1. The highest BCUT2D eigenvalue weighted by Crippen LogP contribution is 2.56. The van der Waals surface area contributed by atoms with E-state index in [0.717, 1.165) is 16.9 Å². The lowest BCUT2D eigenvalue weighted by Crippen LogP contribution is -2.56. The van der Waals surface area contributed by atoms with Gasteiger partial charge in [-0.1, -0.05) is 35.9 Å². The van der Waals surface area contributed by atoms with E-state index in [1.165, 1.54) is 0 Å². The Balaban J connectivity index is 1.59. The fraction of sp³-hybridized carbons (Fsp3) is 0.435. The monoisotopic (exact) mass is 448 g/mol. The van der Waals surface area contributed by atoms with Gasteiger partial charge in [-0.15, -0.1) is 0 Å². The van der Waals surface area contributed by atoms with Gasteiger partial charge in [-0.25, -0.2) is 0 Å². The number of aliphatic carboxylic acids is 1. The minimum Gasteiger partial charge on any atom is -0.494 e. The van der Waals surface area contributed by atoms with Crippen LogP contribution >= 0.6 is 11.6 Å². The van der Waals surface area contributed by atoms with Gasteiger partial charge in [0.15, 0.2) is 0 Å². The van der Waals surface area contributed by atoms with E-state index in [0.29, 0.717) is 23.6 Å². The lowest BCUT2D eigenvalue weighted by atomic mass is 9.88. The van der Waals surface area contributed by atoms with E-state index < -0.39 is 41.9 Å². The van der Waals surface area contributed by atoms with Crippen molar-refractivity contribution in [3.8, 4) is 5.75 Å². The first kappa shape index (κ1) is 22.0. The molecule has 7 nitrogen and oxygen atoms in total. The van der Waals surface area contributed by atoms with Crippen molar-refractivity contribution in [1.29, 1.82) is 0 Å². The van der Waals surface area contributed by atoms with Crippen LogP contribution in [0.4, 0.5) is 0 Å². The number of carbonyl (C=O) groups is 1. The summed E-state index contributed by atoms with van der Waals surface area (Å²) < 4.78 is 11.4. The summed E-state index contributed by atoms with van der Waals surface area (Å²) in [5, 5.41) is 41.1. The van der Waals surface area contributed by atoms with Crippen LogP contribution in [0.15, 0.2) is 42.5 Å². The zero-order valence-electron chi connectivity index (χ0n) is 16.9. The first-order valence-corrected chi connectivity index (χ1v) is 10.6. The van der Waals surface area contributed by atoms with Gasteiger partial charge in [-0.2, -0.15) is 0 Å². The predicted octanol–water partition coefficient (Wildman–Crippen LogP) is 2.33. The molecule has 166 valence electrons. The molecule has 2 aromatic rings. The quantitative estimate of drug-likeness (QED) is 0.536. The van der Waals surface area contributed by atoms with Gasteiger partial charge in [0.05, 0.1) is 12.5 Å². The second-order valence-electron chi connectivity index (χ2n) is 8.12. The number of benzene rings is 2. The van der Waals surface area contributed by atoms with Gasteiger partial charge in [0.2, 0.25) is 0 Å². The Hall–Kier alpha value is -2.16. The summed E-state index contributed by atoms with van der Waals surface area (Å²) in [4.78, 5) is 11.4. The van der Waals surface area contributed by atoms with Crippen LogP contribution in [-0.4, -0.2) is 56.9 Å². The van der Waals surface area contributed by atoms with Gasteiger partial charge in [0, 0.05) is 5.02 Å². The summed E-state index contributed by atoms with van der Waals surface area (Å²) in [6, 6.07) is 12.8. The molecule has 6 atom stereocenters. The van der Waals surface area contributed by atoms with Gasteiger partial charge < -0.3 is 29.9 Å². The third kappa shape index (κ3) is 4.04. The van der Waals surface area contributed by atoms with Crippen LogP contribution in [-0.2, 0) is 16.0 Å². The predicted molar refractivity (Wildman–Crippen MR) is 112 cm³/mol. The SMILES string of the molecule is CCOc1ccc(Cc2cc([C@@H]3OC4(CC4C(=O)O)[C@@H](O)[C@H](O)[C@H]3O)ccc2Cl)cc1. The van der Waals surface area contributed by atoms with Gasteiger partial charge >= 0.3 is 5.97 Å². The summed E-state index contributed by atoms with van der Waals surface area (Å²) >= 11 is 6.39. The van der Waals surface area contributed by atoms with Crippen LogP contribution < -0.4 is 4.74 Å². The van der Waals surface area contributed by atoms with Gasteiger partial charge in [0.1, 0.15) is 35.8 Å². The zero-order chi connectivity index (χ0) is 22.3. The Morgan fingerprint density at radius 2 is 1.87 bits per heavy atom. The number of aliphatic hydroxyl groups excluding tert-OH is 3. The summed E-state index contributed by atoms with van der Waals surface area (Å²) in [5.41, 5.74) is 0.954. The highest BCUT2D eigenvalue weighted by Gasteiger charge is 2.70. The fourth-order valence-electron chi connectivity index (χ4n) is 4.31. The van der Waals surface area contributed by atoms with Crippen LogP contribution in [0.5, 0.6) is 5.75 Å². The summed E-state index contributed by atoms with van der Waals surface area (Å²) in [7, 11) is 0. The van der Waals surface area contributed by atoms with Gasteiger partial charge in [0.25, 0.3) is 0 Å². The number of ether oxygens (including phenoxy) is 2. The van der Waals surface area contributed by atoms with E-state index in [9.17, 15) is 25.2 Å². The van der Waals surface area contributed by atoms with E-state index in [4.69, 9.17) is 21.1 Å². The van der Waals surface area contributed by atoms with E-state index in [1.807, 2.05) is 31.2 Å². The van der Waals surface area contributed by atoms with Crippen molar-refractivity contribution < 1.29 is 34.7 Å². The zero-order valence-corrected chi connectivity index (χ0v) is 17.7. The molecule has 4 rings (SSSR count). The molecule has 8 heteroatoms. The number of carboxylic acid groups (broad SMARTS) is 1. The Labute approximate surface area is 184 Å². The van der Waals surface area contributed by atoms with Crippen molar-refractivity contribution in [2.24, 2.45) is 5.92 Å². The molecule has 2 aliphatic rings. The minimum absolute atomic E-state index is 0.0798. The second-order valence-corrected chi connectivity index (χ2v) is 8.53. The maximum absolute atomic E-state index is 11.4. The van der Waals surface area contributed by atoms with Crippen molar-refractivity contribution in [2.45, 2.75) is 49.8 Å². The number of carboxylic acids is 1. The number of rotatable bonds is 6. The molecular formula is C23H25ClO7. The molecule has 31 heavy (non-hydrogen) atoms. The Morgan fingerprint density at radius 3 is 2.48 bits per heavy atom. The molecule has 2 fully saturated rings. The molecule has 1 aliphatic heterocycles. The van der Waals surface area contributed by atoms with Crippen LogP contribution in [0, 0.1) is 5.92 Å². The second kappa shape index (κ2) is 8.41. The van der Waals surface area contributed by atoms with Crippen LogP contribution in [0.25, 0.3) is 0 Å². The van der Waals surface area contributed by atoms with Gasteiger partial charge in [-0.05, 0) is 54.7 Å². The number of hydrogen-bond acceptors (Lipinski definition) is 6.